The largest absolute Gasteiger partial charge is 0.268 e. The number of nitrogens with zero attached hydrogens (tertiary/aromatic N) is 3. The molecule has 1 aliphatic carbocycles. The molecule has 0 amide bonds. The van der Waals surface area contributed by atoms with E-state index in [4.69, 9.17) is 5.26 Å². The summed E-state index contributed by atoms with van der Waals surface area (Å²) in [5.74, 6) is 0. The Hall–Kier alpha value is -1.37. The van der Waals surface area contributed by atoms with Crippen LogP contribution >= 0.6 is 0 Å². The van der Waals surface area contributed by atoms with E-state index >= 15 is 0 Å². The first-order valence-electron chi connectivity index (χ1n) is 5.34. The normalized spacial score (nSPS) is 19.7. The van der Waals surface area contributed by atoms with Gasteiger partial charge in [0.15, 0.2) is 5.69 Å². The summed E-state index contributed by atoms with van der Waals surface area (Å²) in [6, 6.07) is 3.56. The van der Waals surface area contributed by atoms with E-state index in [-0.39, 0.29) is 6.54 Å². The summed E-state index contributed by atoms with van der Waals surface area (Å²) < 4.78 is 15.8. The molecule has 0 unspecified atom stereocenters. The molecule has 1 saturated carbocycles. The average Bonchev–Trinajstić information content (AvgIpc) is 2.66. The van der Waals surface area contributed by atoms with Crippen LogP contribution < -0.4 is 0 Å². The van der Waals surface area contributed by atoms with Crippen molar-refractivity contribution < 1.29 is 4.39 Å². The Labute approximate surface area is 88.5 Å². The minimum Gasteiger partial charge on any atom is -0.268 e. The van der Waals surface area contributed by atoms with E-state index in [2.05, 4.69) is 5.10 Å². The number of aromatic nitrogens is 2. The smallest absolute Gasteiger partial charge is 0.162 e. The standard InChI is InChI=1S/C11H14FN3/c12-11(5-2-1-3-6-11)9-15-7-4-10(8-13)14-15/h4,7H,1-3,5-6,9H2. The number of hydrogen-bond acceptors (Lipinski definition) is 2. The molecule has 0 spiro atoms. The summed E-state index contributed by atoms with van der Waals surface area (Å²) in [5, 5.41) is 12.6. The molecule has 1 heterocycles. The highest BCUT2D eigenvalue weighted by Gasteiger charge is 2.32. The summed E-state index contributed by atoms with van der Waals surface area (Å²) in [7, 11) is 0. The maximum atomic E-state index is 14.2. The van der Waals surface area contributed by atoms with Crippen molar-refractivity contribution in [3.63, 3.8) is 0 Å². The minimum atomic E-state index is -1.11. The van der Waals surface area contributed by atoms with Gasteiger partial charge in [0, 0.05) is 6.20 Å². The van der Waals surface area contributed by atoms with Crippen molar-refractivity contribution >= 4 is 0 Å². The van der Waals surface area contributed by atoms with Gasteiger partial charge in [-0.15, -0.1) is 0 Å². The molecule has 0 aliphatic heterocycles. The Morgan fingerprint density at radius 2 is 2.20 bits per heavy atom. The number of alkyl halides is 1. The van der Waals surface area contributed by atoms with Crippen LogP contribution in [0.3, 0.4) is 0 Å². The molecule has 15 heavy (non-hydrogen) atoms. The lowest BCUT2D eigenvalue weighted by Gasteiger charge is -2.29. The van der Waals surface area contributed by atoms with Gasteiger partial charge in [0.1, 0.15) is 11.7 Å². The molecular formula is C11H14FN3. The van der Waals surface area contributed by atoms with Crippen LogP contribution in [0.25, 0.3) is 0 Å². The van der Waals surface area contributed by atoms with E-state index in [9.17, 15) is 4.39 Å². The fourth-order valence-electron chi connectivity index (χ4n) is 2.14. The van der Waals surface area contributed by atoms with Crippen LogP contribution in [0.2, 0.25) is 0 Å². The third-order valence-corrected chi connectivity index (χ3v) is 2.95. The zero-order valence-corrected chi connectivity index (χ0v) is 8.62. The van der Waals surface area contributed by atoms with Gasteiger partial charge in [-0.1, -0.05) is 19.3 Å². The summed E-state index contributed by atoms with van der Waals surface area (Å²) >= 11 is 0. The fourth-order valence-corrected chi connectivity index (χ4v) is 2.14. The second-order valence-electron chi connectivity index (χ2n) is 4.22. The van der Waals surface area contributed by atoms with E-state index in [1.54, 1.807) is 16.9 Å². The van der Waals surface area contributed by atoms with Crippen LogP contribution in [0.4, 0.5) is 4.39 Å². The summed E-state index contributed by atoms with van der Waals surface area (Å²) in [4.78, 5) is 0. The topological polar surface area (TPSA) is 41.6 Å². The first kappa shape index (κ1) is 10.2. The number of rotatable bonds is 2. The molecule has 0 radical (unpaired) electrons. The molecule has 4 heteroatoms. The molecule has 0 atom stereocenters. The van der Waals surface area contributed by atoms with Gasteiger partial charge in [-0.3, -0.25) is 4.68 Å². The van der Waals surface area contributed by atoms with E-state index < -0.39 is 5.67 Å². The van der Waals surface area contributed by atoms with Gasteiger partial charge in [0.05, 0.1) is 6.54 Å². The predicted molar refractivity (Wildman–Crippen MR) is 53.9 cm³/mol. The third kappa shape index (κ3) is 2.35. The van der Waals surface area contributed by atoms with E-state index in [0.717, 1.165) is 19.3 Å². The molecule has 1 fully saturated rings. The predicted octanol–water partition coefficient (Wildman–Crippen LogP) is 2.43. The van der Waals surface area contributed by atoms with Crippen LogP contribution in [-0.2, 0) is 6.54 Å². The second kappa shape index (κ2) is 4.01. The van der Waals surface area contributed by atoms with Crippen molar-refractivity contribution in [1.29, 1.82) is 5.26 Å². The van der Waals surface area contributed by atoms with Crippen LogP contribution in [0.5, 0.6) is 0 Å². The van der Waals surface area contributed by atoms with Gasteiger partial charge < -0.3 is 0 Å². The van der Waals surface area contributed by atoms with Gasteiger partial charge in [-0.05, 0) is 18.9 Å². The Bertz CT molecular complexity index is 371. The molecule has 0 saturated heterocycles. The monoisotopic (exact) mass is 207 g/mol. The highest BCUT2D eigenvalue weighted by atomic mass is 19.1. The lowest BCUT2D eigenvalue weighted by molar-refractivity contribution is 0.0814. The van der Waals surface area contributed by atoms with Crippen molar-refractivity contribution in [3.8, 4) is 6.07 Å². The van der Waals surface area contributed by atoms with Crippen molar-refractivity contribution in [3.05, 3.63) is 18.0 Å². The Kier molecular flexibility index (Phi) is 2.72. The van der Waals surface area contributed by atoms with Gasteiger partial charge in [-0.2, -0.15) is 10.4 Å². The Balaban J connectivity index is 2.04. The summed E-state index contributed by atoms with van der Waals surface area (Å²) in [6.45, 7) is 0.286. The van der Waals surface area contributed by atoms with Gasteiger partial charge in [0.2, 0.25) is 0 Å². The molecule has 80 valence electrons. The molecule has 0 bridgehead atoms. The summed E-state index contributed by atoms with van der Waals surface area (Å²) in [6.07, 6.45) is 5.97. The van der Waals surface area contributed by atoms with Crippen molar-refractivity contribution in [2.75, 3.05) is 0 Å². The molecule has 1 aliphatic rings. The van der Waals surface area contributed by atoms with Crippen molar-refractivity contribution in [2.24, 2.45) is 0 Å². The SMILES string of the molecule is N#Cc1ccn(CC2(F)CCCCC2)n1. The quantitative estimate of drug-likeness (QED) is 0.747. The van der Waals surface area contributed by atoms with Gasteiger partial charge >= 0.3 is 0 Å². The Morgan fingerprint density at radius 3 is 2.80 bits per heavy atom. The van der Waals surface area contributed by atoms with E-state index in [0.29, 0.717) is 18.5 Å². The number of nitriles is 1. The first-order chi connectivity index (χ1) is 7.22. The Morgan fingerprint density at radius 1 is 1.47 bits per heavy atom. The molecule has 0 aromatic carbocycles. The third-order valence-electron chi connectivity index (χ3n) is 2.95. The lowest BCUT2D eigenvalue weighted by atomic mass is 9.86. The van der Waals surface area contributed by atoms with Crippen molar-refractivity contribution in [1.82, 2.24) is 9.78 Å². The molecule has 3 nitrogen and oxygen atoms in total. The number of halogens is 1. The zero-order chi connectivity index (χ0) is 10.7. The first-order valence-corrected chi connectivity index (χ1v) is 5.34. The highest BCUT2D eigenvalue weighted by molar-refractivity contribution is 5.16. The molecule has 2 rings (SSSR count). The van der Waals surface area contributed by atoms with Crippen molar-refractivity contribution in [2.45, 2.75) is 44.3 Å². The molecule has 1 aromatic heterocycles. The van der Waals surface area contributed by atoms with Gasteiger partial charge in [0.25, 0.3) is 0 Å². The van der Waals surface area contributed by atoms with E-state index in [1.807, 2.05) is 6.07 Å². The lowest BCUT2D eigenvalue weighted by Crippen LogP contribution is -2.31. The highest BCUT2D eigenvalue weighted by Crippen LogP contribution is 2.32. The molecular weight excluding hydrogens is 193 g/mol. The van der Waals surface area contributed by atoms with Crippen LogP contribution in [-0.4, -0.2) is 15.4 Å². The minimum absolute atomic E-state index is 0.286. The summed E-state index contributed by atoms with van der Waals surface area (Å²) in [5.41, 5.74) is -0.758. The average molecular weight is 207 g/mol. The maximum Gasteiger partial charge on any atom is 0.162 e. The van der Waals surface area contributed by atoms with E-state index in [1.165, 1.54) is 0 Å². The second-order valence-corrected chi connectivity index (χ2v) is 4.22. The maximum absolute atomic E-state index is 14.2. The molecule has 1 aromatic rings. The fraction of sp³-hybridized carbons (Fsp3) is 0.636. The molecule has 0 N–H and O–H groups in total. The van der Waals surface area contributed by atoms with Crippen LogP contribution in [0, 0.1) is 11.3 Å². The van der Waals surface area contributed by atoms with Crippen LogP contribution in [0.15, 0.2) is 12.3 Å². The van der Waals surface area contributed by atoms with Crippen LogP contribution in [0.1, 0.15) is 37.8 Å². The zero-order valence-electron chi connectivity index (χ0n) is 8.62. The number of hydrogen-bond donors (Lipinski definition) is 0. The van der Waals surface area contributed by atoms with Gasteiger partial charge in [-0.25, -0.2) is 4.39 Å².